The molecule has 7 heteroatoms. The van der Waals surface area contributed by atoms with Gasteiger partial charge in [-0.25, -0.2) is 9.59 Å². The summed E-state index contributed by atoms with van der Waals surface area (Å²) >= 11 is 0. The Labute approximate surface area is 255 Å². The van der Waals surface area contributed by atoms with Gasteiger partial charge >= 0.3 is 11.9 Å². The second-order valence-corrected chi connectivity index (χ2v) is 11.9. The fraction of sp³-hybridized carbons (Fsp3) is 0.714. The van der Waals surface area contributed by atoms with Crippen molar-refractivity contribution in [1.82, 2.24) is 5.32 Å². The van der Waals surface area contributed by atoms with Crippen LogP contribution >= 0.6 is 0 Å². The van der Waals surface area contributed by atoms with Gasteiger partial charge in [0, 0.05) is 31.3 Å². The summed E-state index contributed by atoms with van der Waals surface area (Å²) in [5.74, 6) is 0.374. The van der Waals surface area contributed by atoms with Crippen molar-refractivity contribution in [3.63, 3.8) is 0 Å². The van der Waals surface area contributed by atoms with Crippen molar-refractivity contribution in [3.8, 4) is 5.75 Å². The van der Waals surface area contributed by atoms with Gasteiger partial charge in [-0.2, -0.15) is 0 Å². The molecule has 0 bridgehead atoms. The average Bonchev–Trinajstić information content (AvgIpc) is 3.81. The lowest BCUT2D eigenvalue weighted by Crippen LogP contribution is -2.38. The lowest BCUT2D eigenvalue weighted by molar-refractivity contribution is -0.145. The van der Waals surface area contributed by atoms with Crippen LogP contribution in [-0.4, -0.2) is 57.1 Å². The molecule has 1 atom stereocenters. The Kier molecular flexibility index (Phi) is 19.7. The first-order valence-corrected chi connectivity index (χ1v) is 16.5. The first-order chi connectivity index (χ1) is 20.5. The average molecular weight is 588 g/mol. The van der Waals surface area contributed by atoms with Crippen molar-refractivity contribution in [2.45, 2.75) is 123 Å². The highest BCUT2D eigenvalue weighted by Gasteiger charge is 2.21. The second kappa shape index (κ2) is 23.1. The van der Waals surface area contributed by atoms with Crippen LogP contribution in [-0.2, 0) is 30.2 Å². The van der Waals surface area contributed by atoms with Gasteiger partial charge in [-0.1, -0.05) is 97.1 Å². The van der Waals surface area contributed by atoms with Gasteiger partial charge in [-0.15, -0.1) is 0 Å². The summed E-state index contributed by atoms with van der Waals surface area (Å²) in [7, 11) is 0. The third-order valence-electron chi connectivity index (χ3n) is 7.33. The fourth-order valence-corrected chi connectivity index (χ4v) is 4.49. The van der Waals surface area contributed by atoms with Crippen molar-refractivity contribution >= 4 is 11.9 Å². The van der Waals surface area contributed by atoms with E-state index in [1.165, 1.54) is 76.2 Å². The molecule has 1 aromatic rings. The highest BCUT2D eigenvalue weighted by molar-refractivity contribution is 5.91. The van der Waals surface area contributed by atoms with Gasteiger partial charge in [0.25, 0.3) is 0 Å². The summed E-state index contributed by atoms with van der Waals surface area (Å²) in [6.45, 7) is 8.92. The third kappa shape index (κ3) is 19.7. The Morgan fingerprint density at radius 1 is 0.857 bits per heavy atom. The lowest BCUT2D eigenvalue weighted by atomic mass is 10.1. The van der Waals surface area contributed by atoms with Crippen LogP contribution in [0.4, 0.5) is 0 Å². The Morgan fingerprint density at radius 3 is 2.10 bits per heavy atom. The van der Waals surface area contributed by atoms with Gasteiger partial charge in [-0.3, -0.25) is 0 Å². The molecular weight excluding hydrogens is 530 g/mol. The third-order valence-corrected chi connectivity index (χ3v) is 7.33. The summed E-state index contributed by atoms with van der Waals surface area (Å²) in [5, 5.41) is 3.28. The van der Waals surface area contributed by atoms with Crippen LogP contribution in [0.2, 0.25) is 0 Å². The molecule has 0 aromatic heterocycles. The monoisotopic (exact) mass is 587 g/mol. The number of rotatable bonds is 26. The van der Waals surface area contributed by atoms with E-state index in [0.717, 1.165) is 50.5 Å². The molecule has 0 spiro atoms. The summed E-state index contributed by atoms with van der Waals surface area (Å²) in [4.78, 5) is 24.4. The molecule has 0 saturated heterocycles. The van der Waals surface area contributed by atoms with Crippen molar-refractivity contribution in [1.29, 1.82) is 0 Å². The predicted molar refractivity (Wildman–Crippen MR) is 169 cm³/mol. The standard InChI is InChI=1S/C35H57NO6/c1-4-5-6-7-8-9-10-11-12-13-14-24-40-34(37)21-22-35(38)42-33(26-36-29(2)3)28-41-32-19-17-30(18-20-32)23-25-39-27-31-15-16-31/h17-22,29,31,33,36H,4-16,23-28H2,1-3H3/b22-21-. The number of hydrogen-bond donors (Lipinski definition) is 1. The van der Waals surface area contributed by atoms with Crippen LogP contribution in [0.1, 0.15) is 110 Å². The molecule has 0 radical (unpaired) electrons. The number of ether oxygens (including phenoxy) is 4. The largest absolute Gasteiger partial charge is 0.490 e. The van der Waals surface area contributed by atoms with Crippen LogP contribution in [0, 0.1) is 5.92 Å². The molecule has 238 valence electrons. The van der Waals surface area contributed by atoms with Gasteiger partial charge < -0.3 is 24.3 Å². The molecule has 1 aliphatic carbocycles. The Hall–Kier alpha value is -2.38. The maximum Gasteiger partial charge on any atom is 0.331 e. The minimum Gasteiger partial charge on any atom is -0.490 e. The maximum atomic E-state index is 12.4. The molecule has 7 nitrogen and oxygen atoms in total. The fourth-order valence-electron chi connectivity index (χ4n) is 4.49. The van der Waals surface area contributed by atoms with Crippen LogP contribution < -0.4 is 10.1 Å². The molecule has 0 heterocycles. The maximum absolute atomic E-state index is 12.4. The van der Waals surface area contributed by atoms with E-state index in [4.69, 9.17) is 18.9 Å². The van der Waals surface area contributed by atoms with E-state index in [1.807, 2.05) is 38.1 Å². The quantitative estimate of drug-likeness (QED) is 0.0689. The number of carbonyl (C=O) groups excluding carboxylic acids is 2. The van der Waals surface area contributed by atoms with Crippen molar-refractivity contribution in [2.24, 2.45) is 5.92 Å². The number of esters is 2. The minimum absolute atomic E-state index is 0.201. The highest BCUT2D eigenvalue weighted by Crippen LogP contribution is 2.28. The number of benzene rings is 1. The molecule has 42 heavy (non-hydrogen) atoms. The zero-order chi connectivity index (χ0) is 30.3. The van der Waals surface area contributed by atoms with Gasteiger partial charge in [0.1, 0.15) is 18.5 Å². The van der Waals surface area contributed by atoms with Gasteiger partial charge in [0.15, 0.2) is 0 Å². The van der Waals surface area contributed by atoms with Crippen LogP contribution in [0.3, 0.4) is 0 Å². The van der Waals surface area contributed by atoms with E-state index < -0.39 is 18.0 Å². The van der Waals surface area contributed by atoms with Crippen LogP contribution in [0.5, 0.6) is 5.75 Å². The van der Waals surface area contributed by atoms with E-state index in [1.54, 1.807) is 0 Å². The van der Waals surface area contributed by atoms with E-state index in [0.29, 0.717) is 18.9 Å². The Morgan fingerprint density at radius 2 is 1.48 bits per heavy atom. The molecule has 0 aliphatic heterocycles. The summed E-state index contributed by atoms with van der Waals surface area (Å²) in [6, 6.07) is 8.16. The summed E-state index contributed by atoms with van der Waals surface area (Å²) in [5.41, 5.74) is 1.20. The van der Waals surface area contributed by atoms with Crippen molar-refractivity contribution < 1.29 is 28.5 Å². The number of hydrogen-bond acceptors (Lipinski definition) is 7. The van der Waals surface area contributed by atoms with Crippen molar-refractivity contribution in [3.05, 3.63) is 42.0 Å². The lowest BCUT2D eigenvalue weighted by Gasteiger charge is -2.20. The molecule has 0 amide bonds. The molecule has 1 fully saturated rings. The number of carbonyl (C=O) groups is 2. The van der Waals surface area contributed by atoms with E-state index in [2.05, 4.69) is 12.2 Å². The highest BCUT2D eigenvalue weighted by atomic mass is 16.6. The molecule has 1 saturated carbocycles. The molecular formula is C35H57NO6. The normalized spacial score (nSPS) is 13.9. The van der Waals surface area contributed by atoms with Gasteiger partial charge in [0.05, 0.1) is 13.2 Å². The molecule has 2 rings (SSSR count). The zero-order valence-corrected chi connectivity index (χ0v) is 26.6. The smallest absolute Gasteiger partial charge is 0.331 e. The van der Waals surface area contributed by atoms with Crippen molar-refractivity contribution in [2.75, 3.05) is 33.0 Å². The van der Waals surface area contributed by atoms with E-state index in [9.17, 15) is 9.59 Å². The predicted octanol–water partition coefficient (Wildman–Crippen LogP) is 7.35. The number of unbranched alkanes of at least 4 members (excludes halogenated alkanes) is 10. The first-order valence-electron chi connectivity index (χ1n) is 16.5. The zero-order valence-electron chi connectivity index (χ0n) is 26.6. The molecule has 1 unspecified atom stereocenters. The van der Waals surface area contributed by atoms with Crippen LogP contribution in [0.15, 0.2) is 36.4 Å². The topological polar surface area (TPSA) is 83.1 Å². The molecule has 1 aromatic carbocycles. The summed E-state index contributed by atoms with van der Waals surface area (Å²) in [6.07, 6.45) is 18.9. The Bertz CT molecular complexity index is 865. The van der Waals surface area contributed by atoms with Gasteiger partial charge in [-0.05, 0) is 49.3 Å². The first kappa shape index (κ1) is 35.8. The molecule has 1 aliphatic rings. The van der Waals surface area contributed by atoms with E-state index >= 15 is 0 Å². The second-order valence-electron chi connectivity index (χ2n) is 11.9. The van der Waals surface area contributed by atoms with Crippen LogP contribution in [0.25, 0.3) is 0 Å². The Balaban J connectivity index is 1.59. The van der Waals surface area contributed by atoms with E-state index in [-0.39, 0.29) is 12.6 Å². The van der Waals surface area contributed by atoms with Gasteiger partial charge in [0.2, 0.25) is 0 Å². The molecule has 1 N–H and O–H groups in total. The number of nitrogens with one attached hydrogen (secondary N) is 1. The minimum atomic E-state index is -0.595. The SMILES string of the molecule is CCCCCCCCCCCCCOC(=O)/C=C\C(=O)OC(CNC(C)C)COc1ccc(CCOCC2CC2)cc1. The summed E-state index contributed by atoms with van der Waals surface area (Å²) < 4.78 is 22.4.